The van der Waals surface area contributed by atoms with E-state index in [1.807, 2.05) is 12.1 Å². The predicted octanol–water partition coefficient (Wildman–Crippen LogP) is 4.73. The number of benzene rings is 2. The molecule has 0 aliphatic carbocycles. The van der Waals surface area contributed by atoms with E-state index in [-0.39, 0.29) is 5.56 Å². The maximum atomic E-state index is 12.7. The molecule has 0 bridgehead atoms. The Hall–Kier alpha value is -2.66. The van der Waals surface area contributed by atoms with Gasteiger partial charge in [-0.05, 0) is 73.1 Å². The number of fused-ring (bicyclic) bond motifs is 1. The molecule has 0 amide bonds. The van der Waals surface area contributed by atoms with Crippen molar-refractivity contribution < 1.29 is 0 Å². The lowest BCUT2D eigenvalue weighted by molar-refractivity contribution is 0.407. The maximum Gasteiger partial charge on any atom is 0.253 e. The highest BCUT2D eigenvalue weighted by Gasteiger charge is 2.13. The van der Waals surface area contributed by atoms with E-state index >= 15 is 0 Å². The second kappa shape index (κ2) is 10.4. The van der Waals surface area contributed by atoms with Crippen LogP contribution in [0.3, 0.4) is 0 Å². The molecule has 3 rings (SSSR count). The average Bonchev–Trinajstić information content (AvgIpc) is 2.74. The molecule has 5 heteroatoms. The van der Waals surface area contributed by atoms with Crippen LogP contribution in [0.1, 0.15) is 42.5 Å². The van der Waals surface area contributed by atoms with Gasteiger partial charge in [0.25, 0.3) is 5.56 Å². The van der Waals surface area contributed by atoms with Gasteiger partial charge in [0.1, 0.15) is 0 Å². The summed E-state index contributed by atoms with van der Waals surface area (Å²) in [4.78, 5) is 17.9. The monoisotopic (exact) mass is 421 g/mol. The average molecular weight is 422 g/mol. The number of aryl methyl sites for hydroxylation is 2. The van der Waals surface area contributed by atoms with Crippen LogP contribution in [0.25, 0.3) is 10.9 Å². The van der Waals surface area contributed by atoms with Crippen LogP contribution < -0.4 is 10.9 Å². The molecule has 0 aliphatic rings. The van der Waals surface area contributed by atoms with Crippen LogP contribution in [0.15, 0.2) is 53.3 Å². The predicted molar refractivity (Wildman–Crippen MR) is 130 cm³/mol. The lowest BCUT2D eigenvalue weighted by Gasteiger charge is -2.26. The number of rotatable bonds is 8. The number of H-pyrrole nitrogens is 1. The second-order valence-corrected chi connectivity index (χ2v) is 8.18. The third kappa shape index (κ3) is 5.70. The fourth-order valence-corrected chi connectivity index (χ4v) is 3.83. The van der Waals surface area contributed by atoms with Crippen molar-refractivity contribution in [2.45, 2.75) is 46.6 Å². The number of hydrogen-bond donors (Lipinski definition) is 2. The number of hydrogen-bond acceptors (Lipinski definition) is 2. The first-order valence-corrected chi connectivity index (χ1v) is 11.1. The van der Waals surface area contributed by atoms with Gasteiger partial charge in [-0.1, -0.05) is 49.7 Å². The molecule has 4 nitrogen and oxygen atoms in total. The topological polar surface area (TPSA) is 48.1 Å². The summed E-state index contributed by atoms with van der Waals surface area (Å²) < 4.78 is 0. The maximum absolute atomic E-state index is 12.7. The van der Waals surface area contributed by atoms with Gasteiger partial charge in [-0.25, -0.2) is 0 Å². The van der Waals surface area contributed by atoms with Crippen LogP contribution in [0.4, 0.5) is 0 Å². The van der Waals surface area contributed by atoms with E-state index in [1.54, 1.807) is 0 Å². The highest BCUT2D eigenvalue weighted by molar-refractivity contribution is 7.80. The van der Waals surface area contributed by atoms with Crippen LogP contribution in [0.2, 0.25) is 0 Å². The van der Waals surface area contributed by atoms with E-state index in [0.29, 0.717) is 11.7 Å². The summed E-state index contributed by atoms with van der Waals surface area (Å²) in [6.07, 6.45) is 2.85. The first-order chi connectivity index (χ1) is 14.5. The molecular weight excluding hydrogens is 390 g/mol. The van der Waals surface area contributed by atoms with Crippen molar-refractivity contribution in [2.75, 3.05) is 13.1 Å². The van der Waals surface area contributed by atoms with Crippen LogP contribution in [-0.4, -0.2) is 28.1 Å². The molecule has 30 heavy (non-hydrogen) atoms. The number of nitrogens with one attached hydrogen (secondary N) is 2. The summed E-state index contributed by atoms with van der Waals surface area (Å²) in [5.41, 5.74) is 5.35. The molecule has 2 N–H and O–H groups in total. The van der Waals surface area contributed by atoms with Gasteiger partial charge in [0, 0.05) is 24.2 Å². The minimum Gasteiger partial charge on any atom is -0.363 e. The molecule has 0 saturated carbocycles. The van der Waals surface area contributed by atoms with Crippen LogP contribution in [0.5, 0.6) is 0 Å². The van der Waals surface area contributed by atoms with Crippen LogP contribution in [0, 0.1) is 6.92 Å². The highest BCUT2D eigenvalue weighted by atomic mass is 32.1. The van der Waals surface area contributed by atoms with Gasteiger partial charge >= 0.3 is 0 Å². The van der Waals surface area contributed by atoms with Crippen molar-refractivity contribution in [2.24, 2.45) is 0 Å². The summed E-state index contributed by atoms with van der Waals surface area (Å²) in [5.74, 6) is 0. The third-order valence-electron chi connectivity index (χ3n) is 5.32. The molecule has 1 heterocycles. The van der Waals surface area contributed by atoms with Crippen molar-refractivity contribution in [3.8, 4) is 0 Å². The number of nitrogens with zero attached hydrogens (tertiary/aromatic N) is 1. The Morgan fingerprint density at radius 3 is 2.67 bits per heavy atom. The fourth-order valence-electron chi connectivity index (χ4n) is 3.57. The smallest absolute Gasteiger partial charge is 0.253 e. The molecule has 0 saturated heterocycles. The zero-order chi connectivity index (χ0) is 21.5. The van der Waals surface area contributed by atoms with E-state index < -0.39 is 0 Å². The minimum absolute atomic E-state index is 0.0504. The van der Waals surface area contributed by atoms with Crippen LogP contribution in [-0.2, 0) is 19.4 Å². The molecule has 1 aromatic heterocycles. The number of aromatic nitrogens is 1. The molecule has 3 aromatic rings. The summed E-state index contributed by atoms with van der Waals surface area (Å²) in [5, 5.41) is 5.09. The van der Waals surface area contributed by atoms with Crippen molar-refractivity contribution in [1.29, 1.82) is 0 Å². The first kappa shape index (κ1) is 22.0. The SMILES string of the molecule is CCCNC(=S)N(CCc1cccc(C)c1)Cc1cc2cc(CC)ccc2[nH]c1=O. The molecular formula is C25H31N3OS. The lowest BCUT2D eigenvalue weighted by Crippen LogP contribution is -2.41. The standard InChI is InChI=1S/C25H31N3OS/c1-4-12-26-25(30)28(13-11-20-8-6-7-18(3)14-20)17-22-16-21-15-19(5-2)9-10-23(21)27-24(22)29/h6-10,14-16H,4-5,11-13,17H2,1-3H3,(H,26,30)(H,27,29). The zero-order valence-corrected chi connectivity index (χ0v) is 18.9. The van der Waals surface area contributed by atoms with Gasteiger partial charge in [0.15, 0.2) is 5.11 Å². The largest absolute Gasteiger partial charge is 0.363 e. The van der Waals surface area contributed by atoms with E-state index in [2.05, 4.69) is 72.4 Å². The Morgan fingerprint density at radius 1 is 1.10 bits per heavy atom. The molecule has 0 radical (unpaired) electrons. The molecule has 158 valence electrons. The molecule has 0 unspecified atom stereocenters. The Balaban J connectivity index is 1.84. The Bertz CT molecular complexity index is 1070. The first-order valence-electron chi connectivity index (χ1n) is 10.7. The van der Waals surface area contributed by atoms with Crippen molar-refractivity contribution in [3.63, 3.8) is 0 Å². The number of aromatic amines is 1. The Kier molecular flexibility index (Phi) is 7.63. The van der Waals surface area contributed by atoms with E-state index in [9.17, 15) is 4.79 Å². The quantitative estimate of drug-likeness (QED) is 0.516. The van der Waals surface area contributed by atoms with Gasteiger partial charge in [-0.3, -0.25) is 4.79 Å². The Labute approximate surface area is 184 Å². The molecule has 0 spiro atoms. The number of thiocarbonyl (C=S) groups is 1. The summed E-state index contributed by atoms with van der Waals surface area (Å²) in [6, 6.07) is 16.8. The molecule has 0 atom stereocenters. The van der Waals surface area contributed by atoms with Gasteiger partial charge < -0.3 is 15.2 Å². The second-order valence-electron chi connectivity index (χ2n) is 7.79. The molecule has 0 fully saturated rings. The minimum atomic E-state index is -0.0504. The highest BCUT2D eigenvalue weighted by Crippen LogP contribution is 2.16. The van der Waals surface area contributed by atoms with E-state index in [4.69, 9.17) is 12.2 Å². The van der Waals surface area contributed by atoms with E-state index in [0.717, 1.165) is 48.8 Å². The Morgan fingerprint density at radius 2 is 1.93 bits per heavy atom. The normalized spacial score (nSPS) is 10.9. The lowest BCUT2D eigenvalue weighted by atomic mass is 10.1. The van der Waals surface area contributed by atoms with Gasteiger partial charge in [0.2, 0.25) is 0 Å². The zero-order valence-electron chi connectivity index (χ0n) is 18.1. The van der Waals surface area contributed by atoms with Crippen molar-refractivity contribution in [3.05, 3.63) is 81.1 Å². The third-order valence-corrected chi connectivity index (χ3v) is 5.72. The van der Waals surface area contributed by atoms with Gasteiger partial charge in [0.05, 0.1) is 6.54 Å². The summed E-state index contributed by atoms with van der Waals surface area (Å²) >= 11 is 5.66. The summed E-state index contributed by atoms with van der Waals surface area (Å²) in [7, 11) is 0. The van der Waals surface area contributed by atoms with Crippen molar-refractivity contribution >= 4 is 28.2 Å². The molecule has 0 aliphatic heterocycles. The van der Waals surface area contributed by atoms with Gasteiger partial charge in [-0.2, -0.15) is 0 Å². The summed E-state index contributed by atoms with van der Waals surface area (Å²) in [6.45, 7) is 8.43. The van der Waals surface area contributed by atoms with Crippen LogP contribution >= 0.6 is 12.2 Å². The molecule has 2 aromatic carbocycles. The van der Waals surface area contributed by atoms with Crippen molar-refractivity contribution in [1.82, 2.24) is 15.2 Å². The fraction of sp³-hybridized carbons (Fsp3) is 0.360. The van der Waals surface area contributed by atoms with Gasteiger partial charge in [-0.15, -0.1) is 0 Å². The van der Waals surface area contributed by atoms with E-state index in [1.165, 1.54) is 16.7 Å². The number of pyridine rings is 1.